The smallest absolute Gasteiger partial charge is 0.253 e. The van der Waals surface area contributed by atoms with Gasteiger partial charge in [0, 0.05) is 5.41 Å². The van der Waals surface area contributed by atoms with Crippen molar-refractivity contribution in [3.05, 3.63) is 68.9 Å². The number of hydrogen-bond donors (Lipinski definition) is 1. The highest BCUT2D eigenvalue weighted by Crippen LogP contribution is 2.54. The zero-order chi connectivity index (χ0) is 19.2. The van der Waals surface area contributed by atoms with Gasteiger partial charge < -0.3 is 0 Å². The lowest BCUT2D eigenvalue weighted by Crippen LogP contribution is -2.12. The van der Waals surface area contributed by atoms with Crippen LogP contribution in [0.15, 0.2) is 47.4 Å². The zero-order valence-electron chi connectivity index (χ0n) is 13.6. The fraction of sp³-hybridized carbons (Fsp3) is 0.176. The van der Waals surface area contributed by atoms with Gasteiger partial charge in [0.05, 0.1) is 14.9 Å². The molecule has 0 atom stereocenters. The minimum Gasteiger partial charge on any atom is -0.253 e. The molecule has 1 aliphatic rings. The minimum atomic E-state index is -3.87. The van der Waals surface area contributed by atoms with Crippen LogP contribution in [0.2, 0.25) is 10.0 Å². The quantitative estimate of drug-likeness (QED) is 0.610. The van der Waals surface area contributed by atoms with Crippen LogP contribution < -0.4 is 4.72 Å². The monoisotopic (exact) mass is 443 g/mol. The van der Waals surface area contributed by atoms with Gasteiger partial charge in [-0.25, -0.2) is 12.8 Å². The Hall–Kier alpha value is -1.74. The van der Waals surface area contributed by atoms with Crippen LogP contribution in [0.4, 0.5) is 9.52 Å². The molecular formula is C17H12Cl2FN3O2S2. The second-order valence-electron chi connectivity index (χ2n) is 6.18. The summed E-state index contributed by atoms with van der Waals surface area (Å²) in [6, 6.07) is 10.3. The number of anilines is 1. The molecule has 0 aliphatic heterocycles. The standard InChI is InChI=1S/C17H12Cl2FN3O2S2/c18-13-6-5-12(9-14(13)19)27(24,25)23-16-22-21-15(26-16)17(7-8-17)10-1-3-11(20)4-2-10/h1-6,9H,7-8H2,(H,22,23). The maximum atomic E-state index is 13.2. The molecule has 0 amide bonds. The maximum absolute atomic E-state index is 13.2. The Kier molecular flexibility index (Phi) is 4.62. The Morgan fingerprint density at radius 3 is 2.37 bits per heavy atom. The Labute approximate surface area is 169 Å². The molecule has 1 heterocycles. The van der Waals surface area contributed by atoms with Crippen molar-refractivity contribution in [1.29, 1.82) is 0 Å². The summed E-state index contributed by atoms with van der Waals surface area (Å²) >= 11 is 12.9. The number of benzene rings is 2. The fourth-order valence-corrected chi connectivity index (χ4v) is 5.43. The fourth-order valence-electron chi connectivity index (χ4n) is 2.80. The number of nitrogens with one attached hydrogen (secondary N) is 1. The Bertz CT molecular complexity index is 1110. The summed E-state index contributed by atoms with van der Waals surface area (Å²) in [5.74, 6) is -0.304. The van der Waals surface area contributed by atoms with Crippen LogP contribution >= 0.6 is 34.5 Å². The first-order chi connectivity index (χ1) is 12.8. The number of nitrogens with zero attached hydrogens (tertiary/aromatic N) is 2. The predicted octanol–water partition coefficient (Wildman–Crippen LogP) is 4.86. The highest BCUT2D eigenvalue weighted by molar-refractivity contribution is 7.93. The van der Waals surface area contributed by atoms with Gasteiger partial charge in [0.1, 0.15) is 10.8 Å². The molecule has 0 spiro atoms. The number of halogens is 3. The van der Waals surface area contributed by atoms with Gasteiger partial charge in [0.25, 0.3) is 10.0 Å². The molecule has 1 saturated carbocycles. The van der Waals surface area contributed by atoms with Gasteiger partial charge in [-0.15, -0.1) is 10.2 Å². The van der Waals surface area contributed by atoms with Crippen molar-refractivity contribution >= 4 is 49.7 Å². The van der Waals surface area contributed by atoms with Crippen LogP contribution in [-0.4, -0.2) is 18.6 Å². The van der Waals surface area contributed by atoms with Gasteiger partial charge in [-0.3, -0.25) is 4.72 Å². The lowest BCUT2D eigenvalue weighted by atomic mass is 9.97. The average molecular weight is 444 g/mol. The van der Waals surface area contributed by atoms with Crippen LogP contribution in [0.3, 0.4) is 0 Å². The highest BCUT2D eigenvalue weighted by atomic mass is 35.5. The van der Waals surface area contributed by atoms with Gasteiger partial charge in [-0.05, 0) is 48.7 Å². The van der Waals surface area contributed by atoms with Crippen LogP contribution in [0.25, 0.3) is 0 Å². The van der Waals surface area contributed by atoms with Crippen LogP contribution in [0.5, 0.6) is 0 Å². The van der Waals surface area contributed by atoms with Crippen molar-refractivity contribution in [2.24, 2.45) is 0 Å². The van der Waals surface area contributed by atoms with E-state index < -0.39 is 10.0 Å². The molecular weight excluding hydrogens is 432 g/mol. The Balaban J connectivity index is 1.59. The lowest BCUT2D eigenvalue weighted by molar-refractivity contribution is 0.601. The average Bonchev–Trinajstić information content (AvgIpc) is 3.31. The van der Waals surface area contributed by atoms with Crippen molar-refractivity contribution in [3.63, 3.8) is 0 Å². The summed E-state index contributed by atoms with van der Waals surface area (Å²) in [6.07, 6.45) is 1.71. The first-order valence-corrected chi connectivity index (χ1v) is 10.9. The Morgan fingerprint density at radius 2 is 1.74 bits per heavy atom. The van der Waals surface area contributed by atoms with Gasteiger partial charge in [-0.1, -0.05) is 46.7 Å². The second kappa shape index (κ2) is 6.70. The lowest BCUT2D eigenvalue weighted by Gasteiger charge is -2.11. The third-order valence-electron chi connectivity index (χ3n) is 4.40. The van der Waals surface area contributed by atoms with E-state index in [-0.39, 0.29) is 31.3 Å². The summed E-state index contributed by atoms with van der Waals surface area (Å²) in [6.45, 7) is 0. The first kappa shape index (κ1) is 18.6. The summed E-state index contributed by atoms with van der Waals surface area (Å²) in [5, 5.41) is 9.38. The highest BCUT2D eigenvalue weighted by Gasteiger charge is 2.49. The van der Waals surface area contributed by atoms with Crippen molar-refractivity contribution in [2.45, 2.75) is 23.2 Å². The molecule has 3 aromatic rings. The first-order valence-electron chi connectivity index (χ1n) is 7.88. The molecule has 1 aromatic heterocycles. The number of aromatic nitrogens is 2. The predicted molar refractivity (Wildman–Crippen MR) is 104 cm³/mol. The van der Waals surface area contributed by atoms with Crippen LogP contribution in [-0.2, 0) is 15.4 Å². The molecule has 0 saturated heterocycles. The van der Waals surface area contributed by atoms with Gasteiger partial charge in [0.2, 0.25) is 5.13 Å². The molecule has 27 heavy (non-hydrogen) atoms. The van der Waals surface area contributed by atoms with E-state index in [1.165, 1.54) is 30.3 Å². The summed E-state index contributed by atoms with van der Waals surface area (Å²) < 4.78 is 40.7. The van der Waals surface area contributed by atoms with E-state index in [0.717, 1.165) is 29.7 Å². The van der Waals surface area contributed by atoms with E-state index in [1.807, 2.05) is 0 Å². The molecule has 10 heteroatoms. The molecule has 5 nitrogen and oxygen atoms in total. The maximum Gasteiger partial charge on any atom is 0.263 e. The second-order valence-corrected chi connectivity index (χ2v) is 9.66. The topological polar surface area (TPSA) is 72.0 Å². The molecule has 140 valence electrons. The van der Waals surface area contributed by atoms with E-state index in [9.17, 15) is 12.8 Å². The van der Waals surface area contributed by atoms with Gasteiger partial charge in [0.15, 0.2) is 0 Å². The van der Waals surface area contributed by atoms with Crippen LogP contribution in [0.1, 0.15) is 23.4 Å². The van der Waals surface area contributed by atoms with Gasteiger partial charge in [-0.2, -0.15) is 0 Å². The molecule has 2 aromatic carbocycles. The van der Waals surface area contributed by atoms with Crippen LogP contribution in [0, 0.1) is 5.82 Å². The van der Waals surface area contributed by atoms with E-state index >= 15 is 0 Å². The number of sulfonamides is 1. The third kappa shape index (κ3) is 3.54. The largest absolute Gasteiger partial charge is 0.263 e. The Morgan fingerprint density at radius 1 is 1.04 bits per heavy atom. The molecule has 4 rings (SSSR count). The van der Waals surface area contributed by atoms with Crippen molar-refractivity contribution in [1.82, 2.24) is 10.2 Å². The van der Waals surface area contributed by atoms with E-state index in [0.29, 0.717) is 5.01 Å². The summed E-state index contributed by atoms with van der Waals surface area (Å²) in [4.78, 5) is -0.0201. The minimum absolute atomic E-state index is 0.0201. The number of hydrogen-bond acceptors (Lipinski definition) is 5. The zero-order valence-corrected chi connectivity index (χ0v) is 16.8. The van der Waals surface area contributed by atoms with Crippen molar-refractivity contribution < 1.29 is 12.8 Å². The SMILES string of the molecule is O=S(=O)(Nc1nnc(C2(c3ccc(F)cc3)CC2)s1)c1ccc(Cl)c(Cl)c1. The molecule has 1 fully saturated rings. The molecule has 1 N–H and O–H groups in total. The van der Waals surface area contributed by atoms with E-state index in [2.05, 4.69) is 14.9 Å². The van der Waals surface area contributed by atoms with E-state index in [1.54, 1.807) is 12.1 Å². The molecule has 1 aliphatic carbocycles. The molecule has 0 radical (unpaired) electrons. The molecule has 0 bridgehead atoms. The van der Waals surface area contributed by atoms with Crippen molar-refractivity contribution in [2.75, 3.05) is 4.72 Å². The van der Waals surface area contributed by atoms with Gasteiger partial charge >= 0.3 is 0 Å². The third-order valence-corrected chi connectivity index (χ3v) is 7.65. The molecule has 0 unspecified atom stereocenters. The summed E-state index contributed by atoms with van der Waals surface area (Å²) in [7, 11) is -3.87. The number of rotatable bonds is 5. The summed E-state index contributed by atoms with van der Waals surface area (Å²) in [5.41, 5.74) is 0.623. The van der Waals surface area contributed by atoms with E-state index in [4.69, 9.17) is 23.2 Å². The normalized spacial score (nSPS) is 15.5. The van der Waals surface area contributed by atoms with Crippen molar-refractivity contribution in [3.8, 4) is 0 Å².